The molecule has 1 nitrogen and oxygen atoms in total. The standard InChI is InChI=1S/C19H16N.Ir/c1-14-5-3-6-16(11-14)17-7-4-8-18(12-17)19-10-9-15(2)13-20-19;/h3-7,9-13H,1-2H3;/q-1;. The van der Waals surface area contributed by atoms with E-state index in [9.17, 15) is 0 Å². The van der Waals surface area contributed by atoms with Gasteiger partial charge in [0.15, 0.2) is 0 Å². The number of rotatable bonds is 2. The molecule has 3 rings (SSSR count). The Kier molecular flexibility index (Phi) is 5.06. The molecule has 0 bridgehead atoms. The Hall–Kier alpha value is -1.76. The number of benzene rings is 2. The summed E-state index contributed by atoms with van der Waals surface area (Å²) in [6.07, 6.45) is 1.89. The molecule has 3 aromatic rings. The van der Waals surface area contributed by atoms with Crippen LogP contribution in [0, 0.1) is 19.9 Å². The van der Waals surface area contributed by atoms with Crippen LogP contribution in [0.5, 0.6) is 0 Å². The predicted molar refractivity (Wildman–Crippen MR) is 83.4 cm³/mol. The van der Waals surface area contributed by atoms with E-state index >= 15 is 0 Å². The van der Waals surface area contributed by atoms with E-state index in [-0.39, 0.29) is 20.1 Å². The number of hydrogen-bond donors (Lipinski definition) is 0. The molecule has 1 radical (unpaired) electrons. The molecular weight excluding hydrogens is 434 g/mol. The van der Waals surface area contributed by atoms with Crippen LogP contribution in [0.1, 0.15) is 11.1 Å². The van der Waals surface area contributed by atoms with Crippen LogP contribution >= 0.6 is 0 Å². The fourth-order valence-electron chi connectivity index (χ4n) is 2.25. The summed E-state index contributed by atoms with van der Waals surface area (Å²) < 4.78 is 0. The van der Waals surface area contributed by atoms with Crippen LogP contribution in [0.2, 0.25) is 0 Å². The first-order valence-electron chi connectivity index (χ1n) is 6.74. The molecule has 2 heteroatoms. The van der Waals surface area contributed by atoms with Gasteiger partial charge in [-0.3, -0.25) is 0 Å². The minimum atomic E-state index is 0. The third-order valence-electron chi connectivity index (χ3n) is 3.34. The van der Waals surface area contributed by atoms with Gasteiger partial charge in [0.1, 0.15) is 0 Å². The van der Waals surface area contributed by atoms with Crippen LogP contribution < -0.4 is 0 Å². The maximum Gasteiger partial charge on any atom is 0.0190 e. The second-order valence-electron chi connectivity index (χ2n) is 5.08. The molecular formula is C19H16IrN-. The van der Waals surface area contributed by atoms with E-state index < -0.39 is 0 Å². The van der Waals surface area contributed by atoms with Gasteiger partial charge in [-0.1, -0.05) is 42.0 Å². The Balaban J connectivity index is 0.00000161. The minimum absolute atomic E-state index is 0. The Labute approximate surface area is 139 Å². The largest absolute Gasteiger partial charge is 0.304 e. The summed E-state index contributed by atoms with van der Waals surface area (Å²) in [6.45, 7) is 4.16. The normalized spacial score (nSPS) is 10.0. The summed E-state index contributed by atoms with van der Waals surface area (Å²) in [5.41, 5.74) is 6.86. The molecule has 1 aromatic heterocycles. The molecule has 0 fully saturated rings. The predicted octanol–water partition coefficient (Wildman–Crippen LogP) is 4.83. The maximum absolute atomic E-state index is 4.47. The fourth-order valence-corrected chi connectivity index (χ4v) is 2.25. The summed E-state index contributed by atoms with van der Waals surface area (Å²) >= 11 is 0. The van der Waals surface area contributed by atoms with Gasteiger partial charge in [0.05, 0.1) is 0 Å². The molecule has 107 valence electrons. The van der Waals surface area contributed by atoms with Crippen molar-refractivity contribution in [2.45, 2.75) is 13.8 Å². The van der Waals surface area contributed by atoms with Crippen LogP contribution in [0.4, 0.5) is 0 Å². The summed E-state index contributed by atoms with van der Waals surface area (Å²) in [7, 11) is 0. The molecule has 0 saturated heterocycles. The van der Waals surface area contributed by atoms with Crippen molar-refractivity contribution < 1.29 is 20.1 Å². The van der Waals surface area contributed by atoms with Gasteiger partial charge in [-0.05, 0) is 30.7 Å². The van der Waals surface area contributed by atoms with Gasteiger partial charge in [-0.15, -0.1) is 35.4 Å². The molecule has 0 unspecified atom stereocenters. The first-order chi connectivity index (χ1) is 9.72. The minimum Gasteiger partial charge on any atom is -0.304 e. The smallest absolute Gasteiger partial charge is 0.0190 e. The van der Waals surface area contributed by atoms with E-state index in [0.717, 1.165) is 11.3 Å². The topological polar surface area (TPSA) is 12.9 Å². The van der Waals surface area contributed by atoms with Crippen LogP contribution in [-0.4, -0.2) is 4.98 Å². The molecule has 0 spiro atoms. The van der Waals surface area contributed by atoms with Gasteiger partial charge in [-0.2, -0.15) is 0 Å². The second kappa shape index (κ2) is 6.80. The van der Waals surface area contributed by atoms with Crippen molar-refractivity contribution in [3.8, 4) is 22.4 Å². The van der Waals surface area contributed by atoms with Crippen molar-refractivity contribution in [1.29, 1.82) is 0 Å². The van der Waals surface area contributed by atoms with Crippen LogP contribution in [0.3, 0.4) is 0 Å². The van der Waals surface area contributed by atoms with Crippen molar-refractivity contribution in [3.63, 3.8) is 0 Å². The van der Waals surface area contributed by atoms with Crippen molar-refractivity contribution in [2.24, 2.45) is 0 Å². The average Bonchev–Trinajstić information content (AvgIpc) is 2.48. The van der Waals surface area contributed by atoms with Crippen LogP contribution in [0.25, 0.3) is 22.4 Å². The summed E-state index contributed by atoms with van der Waals surface area (Å²) in [5, 5.41) is 0. The first-order valence-corrected chi connectivity index (χ1v) is 6.74. The zero-order valence-corrected chi connectivity index (χ0v) is 14.4. The molecule has 1 heterocycles. The third kappa shape index (κ3) is 3.66. The van der Waals surface area contributed by atoms with Gasteiger partial charge < -0.3 is 4.98 Å². The molecule has 0 N–H and O–H groups in total. The van der Waals surface area contributed by atoms with E-state index in [0.29, 0.717) is 0 Å². The Morgan fingerprint density at radius 2 is 1.67 bits per heavy atom. The third-order valence-corrected chi connectivity index (χ3v) is 3.34. The zero-order valence-electron chi connectivity index (χ0n) is 12.1. The maximum atomic E-state index is 4.47. The second-order valence-corrected chi connectivity index (χ2v) is 5.08. The number of hydrogen-bond acceptors (Lipinski definition) is 1. The van der Waals surface area contributed by atoms with Crippen molar-refractivity contribution in [3.05, 3.63) is 78.0 Å². The summed E-state index contributed by atoms with van der Waals surface area (Å²) in [5.74, 6) is 0. The molecule has 2 aromatic carbocycles. The molecule has 0 aliphatic rings. The van der Waals surface area contributed by atoms with Gasteiger partial charge in [0, 0.05) is 26.3 Å². The monoisotopic (exact) mass is 451 g/mol. The quantitative estimate of drug-likeness (QED) is 0.510. The molecule has 0 saturated carbocycles. The Bertz CT molecular complexity index is 733. The number of aromatic nitrogens is 1. The van der Waals surface area contributed by atoms with E-state index in [1.807, 2.05) is 25.3 Å². The van der Waals surface area contributed by atoms with Gasteiger partial charge in [-0.25, -0.2) is 0 Å². The van der Waals surface area contributed by atoms with E-state index in [2.05, 4.69) is 60.4 Å². The molecule has 0 amide bonds. The Morgan fingerprint density at radius 1 is 0.857 bits per heavy atom. The SMILES string of the molecule is Cc1ccc(-c2[c-]ccc(-c3cccc(C)c3)c2)nc1.[Ir]. The van der Waals surface area contributed by atoms with E-state index in [1.54, 1.807) is 0 Å². The number of nitrogens with zero attached hydrogens (tertiary/aromatic N) is 1. The summed E-state index contributed by atoms with van der Waals surface area (Å²) in [6, 6.07) is 22.1. The van der Waals surface area contributed by atoms with Crippen LogP contribution in [-0.2, 0) is 20.1 Å². The van der Waals surface area contributed by atoms with Crippen molar-refractivity contribution in [2.75, 3.05) is 0 Å². The van der Waals surface area contributed by atoms with E-state index in [4.69, 9.17) is 0 Å². The number of aryl methyl sites for hydroxylation is 2. The average molecular weight is 451 g/mol. The fraction of sp³-hybridized carbons (Fsp3) is 0.105. The van der Waals surface area contributed by atoms with Crippen LogP contribution in [0.15, 0.2) is 60.8 Å². The summed E-state index contributed by atoms with van der Waals surface area (Å²) in [4.78, 5) is 4.47. The zero-order chi connectivity index (χ0) is 13.9. The number of pyridine rings is 1. The Morgan fingerprint density at radius 3 is 2.38 bits per heavy atom. The van der Waals surface area contributed by atoms with Gasteiger partial charge in [0.25, 0.3) is 0 Å². The van der Waals surface area contributed by atoms with Crippen molar-refractivity contribution in [1.82, 2.24) is 4.98 Å². The van der Waals surface area contributed by atoms with Crippen molar-refractivity contribution >= 4 is 0 Å². The molecule has 0 atom stereocenters. The molecule has 21 heavy (non-hydrogen) atoms. The molecule has 0 aliphatic carbocycles. The van der Waals surface area contributed by atoms with Gasteiger partial charge >= 0.3 is 0 Å². The molecule has 0 aliphatic heterocycles. The van der Waals surface area contributed by atoms with E-state index in [1.165, 1.54) is 22.3 Å². The first kappa shape index (κ1) is 15.6. The van der Waals surface area contributed by atoms with Gasteiger partial charge in [0.2, 0.25) is 0 Å².